The van der Waals surface area contributed by atoms with Crippen LogP contribution < -0.4 is 10.1 Å². The maximum atomic E-state index is 5.27. The normalized spacial score (nSPS) is 23.1. The lowest BCUT2D eigenvalue weighted by Crippen LogP contribution is -2.30. The zero-order valence-electron chi connectivity index (χ0n) is 11.6. The Bertz CT molecular complexity index is 570. The van der Waals surface area contributed by atoms with Gasteiger partial charge in [0.05, 0.1) is 18.1 Å². The fraction of sp³-hybridized carbons (Fsp3) is 0.533. The molecular weight excluding hydrogens is 238 g/mol. The van der Waals surface area contributed by atoms with Gasteiger partial charge in [-0.3, -0.25) is 0 Å². The first-order chi connectivity index (χ1) is 9.27. The number of nitrogens with zero attached hydrogens (tertiary/aromatic N) is 1. The Kier molecular flexibility index (Phi) is 3.19. The highest BCUT2D eigenvalue weighted by atomic mass is 16.5. The zero-order chi connectivity index (χ0) is 13.3. The molecule has 2 N–H and O–H groups in total. The topological polar surface area (TPSA) is 49.9 Å². The molecule has 1 aromatic carbocycles. The van der Waals surface area contributed by atoms with E-state index in [4.69, 9.17) is 9.72 Å². The number of aromatic amines is 1. The largest absolute Gasteiger partial charge is 0.497 e. The van der Waals surface area contributed by atoms with Gasteiger partial charge in [0, 0.05) is 18.0 Å². The average molecular weight is 259 g/mol. The van der Waals surface area contributed by atoms with Crippen LogP contribution in [0.3, 0.4) is 0 Å². The van der Waals surface area contributed by atoms with Gasteiger partial charge in [-0.1, -0.05) is 13.3 Å². The molecule has 0 aliphatic carbocycles. The number of methoxy groups -OCH3 is 1. The summed E-state index contributed by atoms with van der Waals surface area (Å²) < 4.78 is 5.27. The molecule has 3 rings (SSSR count). The second-order valence-electron chi connectivity index (χ2n) is 5.43. The summed E-state index contributed by atoms with van der Waals surface area (Å²) in [5.74, 6) is 2.00. The molecule has 0 spiro atoms. The van der Waals surface area contributed by atoms with Crippen LogP contribution in [0.4, 0.5) is 0 Å². The highest BCUT2D eigenvalue weighted by Gasteiger charge is 2.37. The van der Waals surface area contributed by atoms with Crippen molar-refractivity contribution in [3.63, 3.8) is 0 Å². The van der Waals surface area contributed by atoms with E-state index in [0.29, 0.717) is 0 Å². The minimum absolute atomic E-state index is 0.182. The molecule has 1 saturated heterocycles. The van der Waals surface area contributed by atoms with Gasteiger partial charge in [0.1, 0.15) is 11.6 Å². The number of H-pyrrole nitrogens is 1. The average Bonchev–Trinajstić information content (AvgIpc) is 3.05. The molecule has 4 heteroatoms. The number of nitrogens with one attached hydrogen (secondary N) is 2. The molecule has 1 aliphatic rings. The van der Waals surface area contributed by atoms with Gasteiger partial charge in [-0.15, -0.1) is 0 Å². The Morgan fingerprint density at radius 3 is 3.00 bits per heavy atom. The smallest absolute Gasteiger partial charge is 0.121 e. The summed E-state index contributed by atoms with van der Waals surface area (Å²) in [6, 6.07) is 6.01. The second-order valence-corrected chi connectivity index (χ2v) is 5.43. The van der Waals surface area contributed by atoms with Crippen LogP contribution in [0.2, 0.25) is 0 Å². The summed E-state index contributed by atoms with van der Waals surface area (Å²) in [6.45, 7) is 4.35. The van der Waals surface area contributed by atoms with Gasteiger partial charge >= 0.3 is 0 Å². The van der Waals surface area contributed by atoms with E-state index in [2.05, 4.69) is 17.2 Å². The van der Waals surface area contributed by atoms with Gasteiger partial charge < -0.3 is 15.0 Å². The maximum absolute atomic E-state index is 5.27. The predicted octanol–water partition coefficient (Wildman–Crippen LogP) is 2.60. The summed E-state index contributed by atoms with van der Waals surface area (Å²) in [5, 5.41) is 3.48. The van der Waals surface area contributed by atoms with Crippen molar-refractivity contribution in [3.8, 4) is 5.75 Å². The Balaban J connectivity index is 2.03. The molecule has 0 amide bonds. The van der Waals surface area contributed by atoms with Crippen molar-refractivity contribution in [1.29, 1.82) is 0 Å². The predicted molar refractivity (Wildman–Crippen MR) is 76.7 cm³/mol. The fourth-order valence-corrected chi connectivity index (χ4v) is 3.12. The molecule has 1 atom stereocenters. The highest BCUT2D eigenvalue weighted by molar-refractivity contribution is 5.77. The van der Waals surface area contributed by atoms with Gasteiger partial charge in [0.25, 0.3) is 0 Å². The van der Waals surface area contributed by atoms with Gasteiger partial charge in [-0.05, 0) is 31.5 Å². The third-order valence-corrected chi connectivity index (χ3v) is 4.16. The van der Waals surface area contributed by atoms with E-state index >= 15 is 0 Å². The third kappa shape index (κ3) is 2.10. The van der Waals surface area contributed by atoms with E-state index in [1.54, 1.807) is 7.11 Å². The van der Waals surface area contributed by atoms with Crippen molar-refractivity contribution < 1.29 is 4.74 Å². The Morgan fingerprint density at radius 2 is 2.32 bits per heavy atom. The highest BCUT2D eigenvalue weighted by Crippen LogP contribution is 2.35. The third-order valence-electron chi connectivity index (χ3n) is 4.16. The van der Waals surface area contributed by atoms with Gasteiger partial charge in [-0.2, -0.15) is 0 Å². The monoisotopic (exact) mass is 259 g/mol. The number of fused-ring (bicyclic) bond motifs is 1. The van der Waals surface area contributed by atoms with E-state index in [9.17, 15) is 0 Å². The van der Waals surface area contributed by atoms with Gasteiger partial charge in [0.2, 0.25) is 0 Å². The molecule has 4 nitrogen and oxygen atoms in total. The number of ether oxygens (including phenoxy) is 1. The molecule has 19 heavy (non-hydrogen) atoms. The van der Waals surface area contributed by atoms with E-state index in [-0.39, 0.29) is 5.41 Å². The molecule has 1 fully saturated rings. The first-order valence-electron chi connectivity index (χ1n) is 7.02. The van der Waals surface area contributed by atoms with Crippen molar-refractivity contribution in [1.82, 2.24) is 15.3 Å². The Hall–Kier alpha value is -1.55. The molecule has 0 bridgehead atoms. The van der Waals surface area contributed by atoms with E-state index < -0.39 is 0 Å². The van der Waals surface area contributed by atoms with Gasteiger partial charge in [0.15, 0.2) is 0 Å². The summed E-state index contributed by atoms with van der Waals surface area (Å²) in [5.41, 5.74) is 2.27. The van der Waals surface area contributed by atoms with Crippen LogP contribution in [0.5, 0.6) is 5.75 Å². The molecule has 1 aliphatic heterocycles. The lowest BCUT2D eigenvalue weighted by Gasteiger charge is -2.25. The number of benzene rings is 1. The van der Waals surface area contributed by atoms with Crippen LogP contribution in [0.1, 0.15) is 32.0 Å². The quantitative estimate of drug-likeness (QED) is 0.887. The summed E-state index contributed by atoms with van der Waals surface area (Å²) in [7, 11) is 1.69. The van der Waals surface area contributed by atoms with Crippen LogP contribution in [0.25, 0.3) is 11.0 Å². The van der Waals surface area contributed by atoms with Gasteiger partial charge in [-0.25, -0.2) is 4.98 Å². The van der Waals surface area contributed by atoms with Crippen molar-refractivity contribution in [2.24, 2.45) is 0 Å². The minimum Gasteiger partial charge on any atom is -0.497 e. The first-order valence-corrected chi connectivity index (χ1v) is 7.02. The fourth-order valence-electron chi connectivity index (χ4n) is 3.12. The van der Waals surface area contributed by atoms with Crippen molar-refractivity contribution in [2.45, 2.75) is 31.6 Å². The summed E-state index contributed by atoms with van der Waals surface area (Å²) >= 11 is 0. The number of imidazole rings is 1. The van der Waals surface area contributed by atoms with Crippen molar-refractivity contribution in [3.05, 3.63) is 24.0 Å². The van der Waals surface area contributed by atoms with E-state index in [1.807, 2.05) is 18.2 Å². The van der Waals surface area contributed by atoms with Crippen LogP contribution in [-0.2, 0) is 5.41 Å². The van der Waals surface area contributed by atoms with Crippen LogP contribution in [-0.4, -0.2) is 30.2 Å². The molecule has 1 unspecified atom stereocenters. The Labute approximate surface area is 113 Å². The minimum atomic E-state index is 0.182. The number of hydrogen-bond donors (Lipinski definition) is 2. The van der Waals surface area contributed by atoms with Crippen molar-refractivity contribution in [2.75, 3.05) is 20.2 Å². The standard InChI is InChI=1S/C15H21N3O/c1-3-6-15(7-8-16-10-15)14-17-12-5-4-11(19-2)9-13(12)18-14/h4-5,9,16H,3,6-8,10H2,1-2H3,(H,17,18). The lowest BCUT2D eigenvalue weighted by atomic mass is 9.82. The van der Waals surface area contributed by atoms with E-state index in [0.717, 1.165) is 42.1 Å². The molecule has 2 aromatic rings. The zero-order valence-corrected chi connectivity index (χ0v) is 11.6. The second kappa shape index (κ2) is 4.85. The Morgan fingerprint density at radius 1 is 1.42 bits per heavy atom. The molecule has 102 valence electrons. The molecule has 0 saturated carbocycles. The molecule has 2 heterocycles. The molecule has 0 radical (unpaired) electrons. The van der Waals surface area contributed by atoms with Crippen LogP contribution >= 0.6 is 0 Å². The maximum Gasteiger partial charge on any atom is 0.121 e. The molecule has 1 aromatic heterocycles. The van der Waals surface area contributed by atoms with Crippen LogP contribution in [0, 0.1) is 0 Å². The SMILES string of the molecule is CCCC1(c2nc3ccc(OC)cc3[nH]2)CCNC1. The van der Waals surface area contributed by atoms with E-state index in [1.165, 1.54) is 12.8 Å². The summed E-state index contributed by atoms with van der Waals surface area (Å²) in [6.07, 6.45) is 3.52. The van der Waals surface area contributed by atoms with Crippen LogP contribution in [0.15, 0.2) is 18.2 Å². The first kappa shape index (κ1) is 12.5. The number of aromatic nitrogens is 2. The number of rotatable bonds is 4. The lowest BCUT2D eigenvalue weighted by molar-refractivity contribution is 0.406. The molecular formula is C15H21N3O. The number of hydrogen-bond acceptors (Lipinski definition) is 3. The van der Waals surface area contributed by atoms with Crippen molar-refractivity contribution >= 4 is 11.0 Å². The summed E-state index contributed by atoms with van der Waals surface area (Å²) in [4.78, 5) is 8.32.